The van der Waals surface area contributed by atoms with Crippen LogP contribution in [0, 0.1) is 10.1 Å². The lowest BCUT2D eigenvalue weighted by atomic mass is 10.3. The molecule has 1 aromatic heterocycles. The molecule has 0 amide bonds. The van der Waals surface area contributed by atoms with E-state index in [4.69, 9.17) is 9.47 Å². The van der Waals surface area contributed by atoms with Gasteiger partial charge < -0.3 is 9.47 Å². The molecule has 0 unspecified atom stereocenters. The summed E-state index contributed by atoms with van der Waals surface area (Å²) in [6.45, 7) is 0. The van der Waals surface area contributed by atoms with Gasteiger partial charge in [0.15, 0.2) is 0 Å². The molecule has 1 aromatic carbocycles. The van der Waals surface area contributed by atoms with Crippen LogP contribution in [0.5, 0.6) is 17.4 Å². The van der Waals surface area contributed by atoms with Crippen molar-refractivity contribution in [3.63, 3.8) is 0 Å². The minimum Gasteiger partial charge on any atom is -0.497 e. The SMILES string of the molecule is COc1ccc([N+](=O)[O-])c(Oc2ccc(Br)cn2)c1. The molecule has 0 saturated carbocycles. The van der Waals surface area contributed by atoms with E-state index in [1.165, 1.54) is 25.3 Å². The number of ether oxygens (including phenoxy) is 2. The molecule has 1 heterocycles. The molecule has 19 heavy (non-hydrogen) atoms. The molecule has 0 saturated heterocycles. The standard InChI is InChI=1S/C12H9BrN2O4/c1-18-9-3-4-10(15(16)17)11(6-9)19-12-5-2-8(13)7-14-12/h2-7H,1H3. The lowest BCUT2D eigenvalue weighted by Gasteiger charge is -2.07. The van der Waals surface area contributed by atoms with Gasteiger partial charge in [-0.15, -0.1) is 0 Å². The highest BCUT2D eigenvalue weighted by atomic mass is 79.9. The van der Waals surface area contributed by atoms with E-state index in [1.54, 1.807) is 18.3 Å². The number of hydrogen-bond donors (Lipinski definition) is 0. The van der Waals surface area contributed by atoms with Gasteiger partial charge in [-0.2, -0.15) is 0 Å². The van der Waals surface area contributed by atoms with E-state index in [2.05, 4.69) is 20.9 Å². The summed E-state index contributed by atoms with van der Waals surface area (Å²) < 4.78 is 11.2. The maximum atomic E-state index is 10.9. The zero-order chi connectivity index (χ0) is 13.8. The third-order valence-electron chi connectivity index (χ3n) is 2.28. The highest BCUT2D eigenvalue weighted by molar-refractivity contribution is 9.10. The molecule has 7 heteroatoms. The Bertz CT molecular complexity index is 601. The maximum Gasteiger partial charge on any atom is 0.311 e. The summed E-state index contributed by atoms with van der Waals surface area (Å²) in [5.41, 5.74) is -0.148. The fraction of sp³-hybridized carbons (Fsp3) is 0.0833. The van der Waals surface area contributed by atoms with E-state index < -0.39 is 4.92 Å². The minimum absolute atomic E-state index is 0.0826. The average molecular weight is 325 g/mol. The minimum atomic E-state index is -0.520. The molecule has 0 spiro atoms. The van der Waals surface area contributed by atoms with Gasteiger partial charge in [-0.25, -0.2) is 4.98 Å². The predicted octanol–water partition coefficient (Wildman–Crippen LogP) is 3.55. The fourth-order valence-corrected chi connectivity index (χ4v) is 1.62. The van der Waals surface area contributed by atoms with Gasteiger partial charge in [0.05, 0.1) is 12.0 Å². The summed E-state index contributed by atoms with van der Waals surface area (Å²) in [6.07, 6.45) is 1.54. The second-order valence-electron chi connectivity index (χ2n) is 3.51. The summed E-state index contributed by atoms with van der Waals surface area (Å²) in [6, 6.07) is 7.61. The summed E-state index contributed by atoms with van der Waals surface area (Å²) in [5.74, 6) is 0.816. The molecule has 0 N–H and O–H groups in total. The van der Waals surface area contributed by atoms with Crippen LogP contribution in [0.25, 0.3) is 0 Å². The van der Waals surface area contributed by atoms with Crippen molar-refractivity contribution in [3.8, 4) is 17.4 Å². The Morgan fingerprint density at radius 3 is 2.68 bits per heavy atom. The Balaban J connectivity index is 2.36. The van der Waals surface area contributed by atoms with Crippen molar-refractivity contribution in [2.45, 2.75) is 0 Å². The van der Waals surface area contributed by atoms with Gasteiger partial charge in [-0.3, -0.25) is 10.1 Å². The smallest absolute Gasteiger partial charge is 0.311 e. The van der Waals surface area contributed by atoms with Crippen molar-refractivity contribution in [1.82, 2.24) is 4.98 Å². The number of aromatic nitrogens is 1. The highest BCUT2D eigenvalue weighted by Gasteiger charge is 2.17. The molecule has 98 valence electrons. The van der Waals surface area contributed by atoms with E-state index >= 15 is 0 Å². The van der Waals surface area contributed by atoms with Crippen molar-refractivity contribution in [1.29, 1.82) is 0 Å². The number of benzene rings is 1. The molecule has 0 atom stereocenters. The highest BCUT2D eigenvalue weighted by Crippen LogP contribution is 2.34. The molecule has 0 fully saturated rings. The van der Waals surface area contributed by atoms with Crippen LogP contribution in [0.2, 0.25) is 0 Å². The van der Waals surface area contributed by atoms with Crippen LogP contribution in [-0.4, -0.2) is 17.0 Å². The Hall–Kier alpha value is -2.15. The summed E-state index contributed by atoms with van der Waals surface area (Å²) in [5, 5.41) is 10.9. The lowest BCUT2D eigenvalue weighted by molar-refractivity contribution is -0.385. The van der Waals surface area contributed by atoms with Crippen molar-refractivity contribution in [2.75, 3.05) is 7.11 Å². The zero-order valence-electron chi connectivity index (χ0n) is 9.87. The van der Waals surface area contributed by atoms with Crippen LogP contribution in [0.1, 0.15) is 0 Å². The molecular weight excluding hydrogens is 316 g/mol. The zero-order valence-corrected chi connectivity index (χ0v) is 11.5. The lowest BCUT2D eigenvalue weighted by Crippen LogP contribution is -1.95. The fourth-order valence-electron chi connectivity index (χ4n) is 1.39. The molecule has 2 aromatic rings. The summed E-state index contributed by atoms with van der Waals surface area (Å²) in [4.78, 5) is 14.4. The first-order valence-corrected chi connectivity index (χ1v) is 6.01. The van der Waals surface area contributed by atoms with Gasteiger partial charge in [-0.1, -0.05) is 0 Å². The van der Waals surface area contributed by atoms with Gasteiger partial charge in [0, 0.05) is 28.9 Å². The number of nitro benzene ring substituents is 1. The van der Waals surface area contributed by atoms with Crippen LogP contribution in [0.3, 0.4) is 0 Å². The number of halogens is 1. The number of nitro groups is 1. The van der Waals surface area contributed by atoms with E-state index in [9.17, 15) is 10.1 Å². The monoisotopic (exact) mass is 324 g/mol. The number of hydrogen-bond acceptors (Lipinski definition) is 5. The largest absolute Gasteiger partial charge is 0.497 e. The first-order chi connectivity index (χ1) is 9.10. The number of pyridine rings is 1. The van der Waals surface area contributed by atoms with Crippen molar-refractivity contribution < 1.29 is 14.4 Å². The van der Waals surface area contributed by atoms with Crippen LogP contribution in [-0.2, 0) is 0 Å². The van der Waals surface area contributed by atoms with Crippen LogP contribution in [0.4, 0.5) is 5.69 Å². The molecule has 0 aliphatic carbocycles. The van der Waals surface area contributed by atoms with Crippen molar-refractivity contribution >= 4 is 21.6 Å². The predicted molar refractivity (Wildman–Crippen MR) is 71.7 cm³/mol. The normalized spacial score (nSPS) is 10.0. The molecule has 6 nitrogen and oxygen atoms in total. The van der Waals surface area contributed by atoms with Gasteiger partial charge in [0.25, 0.3) is 0 Å². The molecule has 0 bridgehead atoms. The van der Waals surface area contributed by atoms with Crippen molar-refractivity contribution in [2.24, 2.45) is 0 Å². The quantitative estimate of drug-likeness (QED) is 0.635. The first-order valence-electron chi connectivity index (χ1n) is 5.22. The second kappa shape index (κ2) is 5.66. The van der Waals surface area contributed by atoms with E-state index in [0.717, 1.165) is 4.47 Å². The van der Waals surface area contributed by atoms with Crippen LogP contribution in [0.15, 0.2) is 41.0 Å². The van der Waals surface area contributed by atoms with Crippen LogP contribution >= 0.6 is 15.9 Å². The topological polar surface area (TPSA) is 74.5 Å². The van der Waals surface area contributed by atoms with Gasteiger partial charge >= 0.3 is 5.69 Å². The summed E-state index contributed by atoms with van der Waals surface area (Å²) >= 11 is 3.25. The second-order valence-corrected chi connectivity index (χ2v) is 4.42. The average Bonchev–Trinajstić information content (AvgIpc) is 2.41. The third kappa shape index (κ3) is 3.19. The Labute approximate surface area is 117 Å². The number of methoxy groups -OCH3 is 1. The first kappa shape index (κ1) is 13.3. The third-order valence-corrected chi connectivity index (χ3v) is 2.75. The van der Waals surface area contributed by atoms with Gasteiger partial charge in [0.1, 0.15) is 5.75 Å². The molecular formula is C12H9BrN2O4. The van der Waals surface area contributed by atoms with Crippen molar-refractivity contribution in [3.05, 3.63) is 51.1 Å². The van der Waals surface area contributed by atoms with E-state index in [0.29, 0.717) is 5.75 Å². The molecule has 0 aliphatic rings. The number of nitrogens with zero attached hydrogens (tertiary/aromatic N) is 2. The molecule has 0 radical (unpaired) electrons. The van der Waals surface area contributed by atoms with Gasteiger partial charge in [0.2, 0.25) is 11.6 Å². The van der Waals surface area contributed by atoms with Gasteiger partial charge in [-0.05, 0) is 28.1 Å². The Morgan fingerprint density at radius 1 is 1.32 bits per heavy atom. The maximum absolute atomic E-state index is 10.9. The summed E-state index contributed by atoms with van der Waals surface area (Å²) in [7, 11) is 1.48. The van der Waals surface area contributed by atoms with E-state index in [-0.39, 0.29) is 17.3 Å². The molecule has 0 aliphatic heterocycles. The van der Waals surface area contributed by atoms with Crippen LogP contribution < -0.4 is 9.47 Å². The molecule has 2 rings (SSSR count). The Morgan fingerprint density at radius 2 is 2.11 bits per heavy atom. The van der Waals surface area contributed by atoms with E-state index in [1.807, 2.05) is 0 Å². The Kier molecular flexibility index (Phi) is 3.96. The number of rotatable bonds is 4.